The van der Waals surface area contributed by atoms with Crippen LogP contribution < -0.4 is 10.2 Å². The van der Waals surface area contributed by atoms with Crippen LogP contribution in [0.3, 0.4) is 0 Å². The third kappa shape index (κ3) is 2.17. The second-order valence-electron chi connectivity index (χ2n) is 2.76. The van der Waals surface area contributed by atoms with E-state index in [4.69, 9.17) is 0 Å². The first-order chi connectivity index (χ1) is 5.74. The van der Waals surface area contributed by atoms with Crippen molar-refractivity contribution >= 4 is 5.82 Å². The minimum Gasteiger partial charge on any atom is -0.363 e. The fourth-order valence-electron chi connectivity index (χ4n) is 0.881. The summed E-state index contributed by atoms with van der Waals surface area (Å²) in [5, 5.41) is 3.01. The van der Waals surface area contributed by atoms with Crippen molar-refractivity contribution in [2.24, 2.45) is 0 Å². The van der Waals surface area contributed by atoms with Gasteiger partial charge in [-0.05, 0) is 13.1 Å². The molecule has 0 spiro atoms. The van der Waals surface area contributed by atoms with E-state index in [0.717, 1.165) is 11.6 Å². The van der Waals surface area contributed by atoms with Crippen molar-refractivity contribution in [3.63, 3.8) is 0 Å². The predicted molar refractivity (Wildman–Crippen MR) is 49.1 cm³/mol. The van der Waals surface area contributed by atoms with Crippen LogP contribution in [0.5, 0.6) is 0 Å². The van der Waals surface area contributed by atoms with Crippen LogP contribution in [0.15, 0.2) is 12.3 Å². The van der Waals surface area contributed by atoms with Crippen molar-refractivity contribution in [1.82, 2.24) is 15.3 Å². The first-order valence-corrected chi connectivity index (χ1v) is 3.88. The lowest BCUT2D eigenvalue weighted by atomic mass is 10.5. The number of anilines is 1. The molecule has 4 nitrogen and oxygen atoms in total. The second kappa shape index (κ2) is 4.01. The Morgan fingerprint density at radius 1 is 1.50 bits per heavy atom. The Bertz CT molecular complexity index is 247. The highest BCUT2D eigenvalue weighted by Gasteiger charge is 1.98. The summed E-state index contributed by atoms with van der Waals surface area (Å²) in [6, 6.07) is 1.89. The number of nitrogens with zero attached hydrogens (tertiary/aromatic N) is 3. The molecule has 0 fully saturated rings. The second-order valence-corrected chi connectivity index (χ2v) is 2.76. The zero-order valence-electron chi connectivity index (χ0n) is 7.70. The number of rotatable bonds is 3. The molecule has 0 aromatic carbocycles. The molecule has 0 aliphatic heterocycles. The molecule has 0 saturated heterocycles. The fourth-order valence-corrected chi connectivity index (χ4v) is 0.881. The highest BCUT2D eigenvalue weighted by Crippen LogP contribution is 2.04. The normalized spacial score (nSPS) is 9.92. The quantitative estimate of drug-likeness (QED) is 0.699. The highest BCUT2D eigenvalue weighted by atomic mass is 15.1. The smallest absolute Gasteiger partial charge is 0.144 e. The largest absolute Gasteiger partial charge is 0.363 e. The van der Waals surface area contributed by atoms with Gasteiger partial charge in [0.15, 0.2) is 0 Å². The van der Waals surface area contributed by atoms with Crippen molar-refractivity contribution in [2.45, 2.75) is 6.54 Å². The summed E-state index contributed by atoms with van der Waals surface area (Å²) in [6.45, 7) is 0.710. The molecule has 1 rings (SSSR count). The molecular weight excluding hydrogens is 152 g/mol. The third-order valence-corrected chi connectivity index (χ3v) is 1.48. The standard InChI is InChI=1S/C8H14N4/c1-9-6-7-10-5-4-8(11-7)12(2)3/h4-5,9H,6H2,1-3H3. The Labute approximate surface area is 72.6 Å². The number of hydrogen-bond donors (Lipinski definition) is 1. The van der Waals surface area contributed by atoms with Gasteiger partial charge >= 0.3 is 0 Å². The average Bonchev–Trinajstić information content (AvgIpc) is 2.05. The van der Waals surface area contributed by atoms with Crippen LogP contribution in [0.1, 0.15) is 5.82 Å². The zero-order valence-corrected chi connectivity index (χ0v) is 7.70. The van der Waals surface area contributed by atoms with Gasteiger partial charge in [-0.2, -0.15) is 0 Å². The van der Waals surface area contributed by atoms with Crippen molar-refractivity contribution in [1.29, 1.82) is 0 Å². The third-order valence-electron chi connectivity index (χ3n) is 1.48. The SMILES string of the molecule is CNCc1nccc(N(C)C)n1. The lowest BCUT2D eigenvalue weighted by Gasteiger charge is -2.11. The predicted octanol–water partition coefficient (Wildman–Crippen LogP) is 0.262. The summed E-state index contributed by atoms with van der Waals surface area (Å²) in [4.78, 5) is 10.4. The molecule has 12 heavy (non-hydrogen) atoms. The molecule has 0 bridgehead atoms. The van der Waals surface area contributed by atoms with Crippen LogP contribution in [-0.2, 0) is 6.54 Å². The molecular formula is C8H14N4. The summed E-state index contributed by atoms with van der Waals surface area (Å²) in [7, 11) is 5.81. The van der Waals surface area contributed by atoms with Crippen LogP contribution in [-0.4, -0.2) is 31.1 Å². The van der Waals surface area contributed by atoms with E-state index in [2.05, 4.69) is 15.3 Å². The molecule has 0 radical (unpaired) electrons. The molecule has 0 aliphatic rings. The first kappa shape index (κ1) is 8.93. The fraction of sp³-hybridized carbons (Fsp3) is 0.500. The number of aromatic nitrogens is 2. The minimum absolute atomic E-state index is 0.710. The van der Waals surface area contributed by atoms with Gasteiger partial charge in [0.25, 0.3) is 0 Å². The van der Waals surface area contributed by atoms with E-state index >= 15 is 0 Å². The Morgan fingerprint density at radius 2 is 2.25 bits per heavy atom. The lowest BCUT2D eigenvalue weighted by Crippen LogP contribution is -2.14. The van der Waals surface area contributed by atoms with Gasteiger partial charge < -0.3 is 10.2 Å². The Balaban J connectivity index is 2.81. The molecule has 0 aliphatic carbocycles. The monoisotopic (exact) mass is 166 g/mol. The van der Waals surface area contributed by atoms with Crippen LogP contribution >= 0.6 is 0 Å². The maximum atomic E-state index is 4.31. The van der Waals surface area contributed by atoms with Gasteiger partial charge in [-0.15, -0.1) is 0 Å². The van der Waals surface area contributed by atoms with E-state index in [-0.39, 0.29) is 0 Å². The van der Waals surface area contributed by atoms with Gasteiger partial charge in [-0.1, -0.05) is 0 Å². The van der Waals surface area contributed by atoms with Crippen molar-refractivity contribution < 1.29 is 0 Å². The zero-order chi connectivity index (χ0) is 8.97. The minimum atomic E-state index is 0.710. The van der Waals surface area contributed by atoms with Crippen LogP contribution in [0, 0.1) is 0 Å². The maximum absolute atomic E-state index is 4.31. The van der Waals surface area contributed by atoms with Gasteiger partial charge in [0, 0.05) is 20.3 Å². The number of hydrogen-bond acceptors (Lipinski definition) is 4. The average molecular weight is 166 g/mol. The van der Waals surface area contributed by atoms with E-state index in [1.807, 2.05) is 32.1 Å². The number of nitrogens with one attached hydrogen (secondary N) is 1. The molecule has 4 heteroatoms. The van der Waals surface area contributed by atoms with E-state index in [1.54, 1.807) is 6.20 Å². The van der Waals surface area contributed by atoms with Crippen LogP contribution in [0.2, 0.25) is 0 Å². The summed E-state index contributed by atoms with van der Waals surface area (Å²) >= 11 is 0. The summed E-state index contributed by atoms with van der Waals surface area (Å²) < 4.78 is 0. The topological polar surface area (TPSA) is 41.1 Å². The maximum Gasteiger partial charge on any atom is 0.144 e. The summed E-state index contributed by atoms with van der Waals surface area (Å²) in [6.07, 6.45) is 1.77. The van der Waals surface area contributed by atoms with E-state index in [1.165, 1.54) is 0 Å². The van der Waals surface area contributed by atoms with E-state index in [0.29, 0.717) is 6.54 Å². The molecule has 1 heterocycles. The molecule has 66 valence electrons. The molecule has 0 atom stereocenters. The van der Waals surface area contributed by atoms with Gasteiger partial charge in [0.2, 0.25) is 0 Å². The lowest BCUT2D eigenvalue weighted by molar-refractivity contribution is 0.755. The van der Waals surface area contributed by atoms with Crippen molar-refractivity contribution in [3.8, 4) is 0 Å². The first-order valence-electron chi connectivity index (χ1n) is 3.88. The van der Waals surface area contributed by atoms with Crippen molar-refractivity contribution in [3.05, 3.63) is 18.1 Å². The molecule has 1 aromatic rings. The Kier molecular flexibility index (Phi) is 2.99. The molecule has 1 aromatic heterocycles. The Hall–Kier alpha value is -1.16. The van der Waals surface area contributed by atoms with Crippen LogP contribution in [0.25, 0.3) is 0 Å². The molecule has 1 N–H and O–H groups in total. The molecule has 0 unspecified atom stereocenters. The van der Waals surface area contributed by atoms with Crippen molar-refractivity contribution in [2.75, 3.05) is 26.0 Å². The van der Waals surface area contributed by atoms with Gasteiger partial charge in [-0.25, -0.2) is 9.97 Å². The molecule has 0 saturated carbocycles. The summed E-state index contributed by atoms with van der Waals surface area (Å²) in [5.41, 5.74) is 0. The highest BCUT2D eigenvalue weighted by molar-refractivity contribution is 5.34. The Morgan fingerprint density at radius 3 is 2.83 bits per heavy atom. The van der Waals surface area contributed by atoms with Crippen LogP contribution in [0.4, 0.5) is 5.82 Å². The van der Waals surface area contributed by atoms with Gasteiger partial charge in [-0.3, -0.25) is 0 Å². The van der Waals surface area contributed by atoms with Gasteiger partial charge in [0.1, 0.15) is 11.6 Å². The summed E-state index contributed by atoms with van der Waals surface area (Å²) in [5.74, 6) is 1.76. The molecule has 0 amide bonds. The van der Waals surface area contributed by atoms with E-state index < -0.39 is 0 Å². The van der Waals surface area contributed by atoms with E-state index in [9.17, 15) is 0 Å². The van der Waals surface area contributed by atoms with Gasteiger partial charge in [0.05, 0.1) is 6.54 Å².